The van der Waals surface area contributed by atoms with Crippen molar-refractivity contribution in [3.63, 3.8) is 0 Å². The molecule has 3 heteroatoms. The maximum atomic E-state index is 13.0. The van der Waals surface area contributed by atoms with Crippen molar-refractivity contribution in [1.29, 1.82) is 0 Å². The van der Waals surface area contributed by atoms with Gasteiger partial charge in [0.15, 0.2) is 0 Å². The maximum absolute atomic E-state index is 13.0. The fourth-order valence-electron chi connectivity index (χ4n) is 1.87. The minimum Gasteiger partial charge on any atom is -0.348 e. The Morgan fingerprint density at radius 2 is 2.14 bits per heavy atom. The van der Waals surface area contributed by atoms with E-state index in [0.717, 1.165) is 22.2 Å². The zero-order valence-corrected chi connectivity index (χ0v) is 8.34. The third-order valence-electron chi connectivity index (χ3n) is 2.79. The van der Waals surface area contributed by atoms with Gasteiger partial charge in [-0.05, 0) is 30.7 Å². The van der Waals surface area contributed by atoms with Gasteiger partial charge < -0.3 is 10.3 Å². The number of halogens is 1. The molecule has 0 unspecified atom stereocenters. The fraction of sp³-hybridized carbons (Fsp3) is 0.273. The number of aromatic nitrogens is 1. The van der Waals surface area contributed by atoms with Gasteiger partial charge in [-0.3, -0.25) is 0 Å². The highest BCUT2D eigenvalue weighted by molar-refractivity contribution is 5.85. The van der Waals surface area contributed by atoms with Crippen molar-refractivity contribution < 1.29 is 4.39 Å². The summed E-state index contributed by atoms with van der Waals surface area (Å²) in [5.41, 5.74) is 8.77. The van der Waals surface area contributed by atoms with Crippen LogP contribution in [0, 0.1) is 12.7 Å². The van der Waals surface area contributed by atoms with Crippen LogP contribution >= 0.6 is 0 Å². The van der Waals surface area contributed by atoms with Crippen molar-refractivity contribution in [2.45, 2.75) is 13.5 Å². The molecule has 1 aromatic carbocycles. The van der Waals surface area contributed by atoms with Gasteiger partial charge in [0.2, 0.25) is 0 Å². The number of benzene rings is 1. The lowest BCUT2D eigenvalue weighted by molar-refractivity contribution is 0.629. The van der Waals surface area contributed by atoms with Gasteiger partial charge in [-0.2, -0.15) is 0 Å². The van der Waals surface area contributed by atoms with E-state index in [4.69, 9.17) is 5.73 Å². The first-order chi connectivity index (χ1) is 6.65. The number of rotatable bonds is 1. The van der Waals surface area contributed by atoms with Crippen LogP contribution in [0.4, 0.5) is 4.39 Å². The number of fused-ring (bicyclic) bond motifs is 1. The topological polar surface area (TPSA) is 30.9 Å². The van der Waals surface area contributed by atoms with E-state index in [1.807, 2.05) is 18.5 Å². The van der Waals surface area contributed by atoms with E-state index in [9.17, 15) is 4.39 Å². The zero-order chi connectivity index (χ0) is 10.3. The Morgan fingerprint density at radius 1 is 1.43 bits per heavy atom. The fourth-order valence-corrected chi connectivity index (χ4v) is 1.87. The molecular formula is C11H13FN2. The molecule has 0 aliphatic rings. The Balaban J connectivity index is 2.88. The molecule has 0 amide bonds. The molecule has 0 aliphatic carbocycles. The molecule has 2 nitrogen and oxygen atoms in total. The van der Waals surface area contributed by atoms with E-state index in [-0.39, 0.29) is 5.82 Å². The summed E-state index contributed by atoms with van der Waals surface area (Å²) in [6.45, 7) is 2.49. The molecule has 0 fully saturated rings. The van der Waals surface area contributed by atoms with Gasteiger partial charge in [-0.15, -0.1) is 0 Å². The SMILES string of the molecule is Cc1c(CN)c2ccc(F)cc2n1C. The Hall–Kier alpha value is -1.35. The molecule has 74 valence electrons. The first kappa shape index (κ1) is 9.21. The van der Waals surface area contributed by atoms with E-state index < -0.39 is 0 Å². The lowest BCUT2D eigenvalue weighted by atomic mass is 10.1. The van der Waals surface area contributed by atoms with Crippen LogP contribution in [0.2, 0.25) is 0 Å². The highest BCUT2D eigenvalue weighted by Crippen LogP contribution is 2.24. The van der Waals surface area contributed by atoms with Crippen molar-refractivity contribution >= 4 is 10.9 Å². The van der Waals surface area contributed by atoms with Crippen molar-refractivity contribution in [3.05, 3.63) is 35.3 Å². The van der Waals surface area contributed by atoms with Crippen LogP contribution in [0.25, 0.3) is 10.9 Å². The van der Waals surface area contributed by atoms with E-state index in [2.05, 4.69) is 0 Å². The van der Waals surface area contributed by atoms with Crippen LogP contribution in [0.3, 0.4) is 0 Å². The summed E-state index contributed by atoms with van der Waals surface area (Å²) in [7, 11) is 1.93. The molecule has 1 heterocycles. The Bertz CT molecular complexity index is 485. The molecule has 2 rings (SSSR count). The summed E-state index contributed by atoms with van der Waals surface area (Å²) in [5.74, 6) is -0.207. The number of nitrogens with two attached hydrogens (primary N) is 1. The van der Waals surface area contributed by atoms with Gasteiger partial charge >= 0.3 is 0 Å². The molecule has 0 spiro atoms. The molecule has 2 aromatic rings. The number of aryl methyl sites for hydroxylation is 1. The molecule has 0 aliphatic heterocycles. The average molecular weight is 192 g/mol. The zero-order valence-electron chi connectivity index (χ0n) is 8.34. The predicted molar refractivity (Wildman–Crippen MR) is 55.5 cm³/mol. The second-order valence-electron chi connectivity index (χ2n) is 3.49. The van der Waals surface area contributed by atoms with E-state index >= 15 is 0 Å². The molecule has 0 saturated heterocycles. The van der Waals surface area contributed by atoms with Gasteiger partial charge in [0.25, 0.3) is 0 Å². The van der Waals surface area contributed by atoms with Crippen molar-refractivity contribution in [2.24, 2.45) is 12.8 Å². The third kappa shape index (κ3) is 1.13. The molecule has 0 atom stereocenters. The van der Waals surface area contributed by atoms with Crippen LogP contribution in [-0.2, 0) is 13.6 Å². The summed E-state index contributed by atoms with van der Waals surface area (Å²) in [6, 6.07) is 4.81. The third-order valence-corrected chi connectivity index (χ3v) is 2.79. The largest absolute Gasteiger partial charge is 0.348 e. The summed E-state index contributed by atoms with van der Waals surface area (Å²) < 4.78 is 15.0. The Labute approximate surface area is 82.1 Å². The number of hydrogen-bond donors (Lipinski definition) is 1. The van der Waals surface area contributed by atoms with Crippen molar-refractivity contribution in [1.82, 2.24) is 4.57 Å². The Morgan fingerprint density at radius 3 is 2.79 bits per heavy atom. The summed E-state index contributed by atoms with van der Waals surface area (Å²) in [4.78, 5) is 0. The van der Waals surface area contributed by atoms with Crippen LogP contribution in [-0.4, -0.2) is 4.57 Å². The quantitative estimate of drug-likeness (QED) is 0.736. The van der Waals surface area contributed by atoms with Crippen molar-refractivity contribution in [2.75, 3.05) is 0 Å². The van der Waals surface area contributed by atoms with Gasteiger partial charge in [0, 0.05) is 24.7 Å². The second kappa shape index (κ2) is 3.10. The molecule has 1 aromatic heterocycles. The smallest absolute Gasteiger partial charge is 0.125 e. The first-order valence-corrected chi connectivity index (χ1v) is 4.58. The number of hydrogen-bond acceptors (Lipinski definition) is 1. The minimum absolute atomic E-state index is 0.207. The van der Waals surface area contributed by atoms with Gasteiger partial charge in [-0.1, -0.05) is 0 Å². The first-order valence-electron chi connectivity index (χ1n) is 4.58. The van der Waals surface area contributed by atoms with Crippen molar-refractivity contribution in [3.8, 4) is 0 Å². The molecular weight excluding hydrogens is 179 g/mol. The number of nitrogens with zero attached hydrogens (tertiary/aromatic N) is 1. The molecule has 0 radical (unpaired) electrons. The monoisotopic (exact) mass is 192 g/mol. The van der Waals surface area contributed by atoms with Crippen LogP contribution in [0.15, 0.2) is 18.2 Å². The van der Waals surface area contributed by atoms with E-state index in [0.29, 0.717) is 6.54 Å². The summed E-state index contributed by atoms with van der Waals surface area (Å²) >= 11 is 0. The molecule has 14 heavy (non-hydrogen) atoms. The second-order valence-corrected chi connectivity index (χ2v) is 3.49. The average Bonchev–Trinajstić information content (AvgIpc) is 2.41. The van der Waals surface area contributed by atoms with E-state index in [1.54, 1.807) is 12.1 Å². The normalized spacial score (nSPS) is 11.1. The van der Waals surface area contributed by atoms with Crippen LogP contribution in [0.1, 0.15) is 11.3 Å². The summed E-state index contributed by atoms with van der Waals surface area (Å²) in [5, 5.41) is 1.05. The minimum atomic E-state index is -0.207. The standard InChI is InChI=1S/C11H13FN2/c1-7-10(6-13)9-4-3-8(12)5-11(9)14(7)2/h3-5H,6,13H2,1-2H3. The lowest BCUT2D eigenvalue weighted by Crippen LogP contribution is -1.98. The van der Waals surface area contributed by atoms with E-state index in [1.165, 1.54) is 6.07 Å². The van der Waals surface area contributed by atoms with Crippen LogP contribution < -0.4 is 5.73 Å². The van der Waals surface area contributed by atoms with Gasteiger partial charge in [0.05, 0.1) is 5.52 Å². The summed E-state index contributed by atoms with van der Waals surface area (Å²) in [6.07, 6.45) is 0. The molecule has 0 saturated carbocycles. The van der Waals surface area contributed by atoms with Gasteiger partial charge in [-0.25, -0.2) is 4.39 Å². The highest BCUT2D eigenvalue weighted by Gasteiger charge is 2.10. The predicted octanol–water partition coefficient (Wildman–Crippen LogP) is 2.08. The highest BCUT2D eigenvalue weighted by atomic mass is 19.1. The molecule has 2 N–H and O–H groups in total. The molecule has 0 bridgehead atoms. The van der Waals surface area contributed by atoms with Gasteiger partial charge in [0.1, 0.15) is 5.82 Å². The maximum Gasteiger partial charge on any atom is 0.125 e. The van der Waals surface area contributed by atoms with Crippen LogP contribution in [0.5, 0.6) is 0 Å². The Kier molecular flexibility index (Phi) is 2.04. The lowest BCUT2D eigenvalue weighted by Gasteiger charge is -1.98.